The van der Waals surface area contributed by atoms with Gasteiger partial charge in [-0.3, -0.25) is 4.90 Å². The van der Waals surface area contributed by atoms with Gasteiger partial charge >= 0.3 is 0 Å². The fraction of sp³-hybridized carbons (Fsp3) is 0.455. The highest BCUT2D eigenvalue weighted by atomic mass is 19.2. The molecule has 0 radical (unpaired) electrons. The predicted molar refractivity (Wildman–Crippen MR) is 52.1 cm³/mol. The second-order valence-electron chi connectivity index (χ2n) is 4.29. The quantitative estimate of drug-likeness (QED) is 0.513. The number of benzene rings is 1. The molecule has 0 saturated carbocycles. The summed E-state index contributed by atoms with van der Waals surface area (Å²) in [5.74, 6) is -9.60. The molecule has 1 fully saturated rings. The zero-order valence-corrected chi connectivity index (χ0v) is 9.19. The first-order chi connectivity index (χ1) is 8.45. The van der Waals surface area contributed by atoms with Gasteiger partial charge in [0, 0.05) is 37.7 Å². The van der Waals surface area contributed by atoms with E-state index < -0.39 is 34.6 Å². The third-order valence-electron chi connectivity index (χ3n) is 2.97. The smallest absolute Gasteiger partial charge is 0.200 e. The number of rotatable bonds is 3. The Bertz CT molecular complexity index is 444. The summed E-state index contributed by atoms with van der Waals surface area (Å²) >= 11 is 0. The van der Waals surface area contributed by atoms with Crippen LogP contribution in [0.25, 0.3) is 0 Å². The van der Waals surface area contributed by atoms with Crippen LogP contribution in [0.2, 0.25) is 0 Å². The lowest BCUT2D eigenvalue weighted by Gasteiger charge is -2.38. The van der Waals surface area contributed by atoms with Crippen LogP contribution in [0, 0.1) is 35.0 Å². The number of aliphatic hydroxyl groups excluding tert-OH is 1. The molecule has 0 bridgehead atoms. The largest absolute Gasteiger partial charge is 0.396 e. The van der Waals surface area contributed by atoms with Crippen LogP contribution in [0.5, 0.6) is 0 Å². The van der Waals surface area contributed by atoms with Gasteiger partial charge in [-0.25, -0.2) is 22.0 Å². The summed E-state index contributed by atoms with van der Waals surface area (Å²) in [6, 6.07) is 0. The molecule has 1 aliphatic heterocycles. The van der Waals surface area contributed by atoms with Gasteiger partial charge in [-0.15, -0.1) is 0 Å². The van der Waals surface area contributed by atoms with Crippen molar-refractivity contribution in [1.29, 1.82) is 0 Å². The molecule has 2 rings (SSSR count). The molecule has 0 atom stereocenters. The standard InChI is InChI=1S/C11H10F5NO/c12-7-6(3-17-1-5(2-17)4-18)8(13)10(15)11(16)9(7)14/h5,18H,1-4H2. The lowest BCUT2D eigenvalue weighted by molar-refractivity contribution is 0.0458. The van der Waals surface area contributed by atoms with Crippen molar-refractivity contribution in [2.75, 3.05) is 19.7 Å². The number of aliphatic hydroxyl groups is 1. The van der Waals surface area contributed by atoms with Crippen LogP contribution in [0.15, 0.2) is 0 Å². The van der Waals surface area contributed by atoms with Crippen molar-refractivity contribution in [3.8, 4) is 0 Å². The Hall–Kier alpha value is -1.21. The van der Waals surface area contributed by atoms with Gasteiger partial charge in [0.2, 0.25) is 5.82 Å². The van der Waals surface area contributed by atoms with Crippen molar-refractivity contribution < 1.29 is 27.1 Å². The predicted octanol–water partition coefficient (Wildman–Crippen LogP) is 1.81. The molecule has 1 N–H and O–H groups in total. The molecule has 0 amide bonds. The van der Waals surface area contributed by atoms with Gasteiger partial charge < -0.3 is 5.11 Å². The minimum atomic E-state index is -2.15. The molecule has 1 aliphatic rings. The third kappa shape index (κ3) is 2.08. The Labute approximate surface area is 99.6 Å². The van der Waals surface area contributed by atoms with Crippen molar-refractivity contribution in [1.82, 2.24) is 4.90 Å². The minimum absolute atomic E-state index is 0.00809. The molecule has 1 saturated heterocycles. The van der Waals surface area contributed by atoms with Gasteiger partial charge in [0.05, 0.1) is 0 Å². The molecule has 7 heteroatoms. The van der Waals surface area contributed by atoms with Crippen LogP contribution in [-0.4, -0.2) is 29.7 Å². The van der Waals surface area contributed by atoms with Crippen LogP contribution >= 0.6 is 0 Å². The van der Waals surface area contributed by atoms with E-state index in [1.807, 2.05) is 0 Å². The van der Waals surface area contributed by atoms with E-state index in [9.17, 15) is 22.0 Å². The zero-order chi connectivity index (χ0) is 13.4. The summed E-state index contributed by atoms with van der Waals surface area (Å²) < 4.78 is 65.2. The normalized spacial score (nSPS) is 17.0. The fourth-order valence-corrected chi connectivity index (χ4v) is 1.93. The lowest BCUT2D eigenvalue weighted by atomic mass is 10.00. The molecule has 0 unspecified atom stereocenters. The molecule has 1 aromatic carbocycles. The Morgan fingerprint density at radius 2 is 1.33 bits per heavy atom. The Kier molecular flexibility index (Phi) is 3.54. The van der Waals surface area contributed by atoms with Crippen molar-refractivity contribution in [3.63, 3.8) is 0 Å². The zero-order valence-electron chi connectivity index (χ0n) is 9.19. The first kappa shape index (κ1) is 13.2. The van der Waals surface area contributed by atoms with Gasteiger partial charge in [0.1, 0.15) is 0 Å². The molecule has 18 heavy (non-hydrogen) atoms. The fourth-order valence-electron chi connectivity index (χ4n) is 1.93. The minimum Gasteiger partial charge on any atom is -0.396 e. The van der Waals surface area contributed by atoms with Gasteiger partial charge in [0.15, 0.2) is 23.3 Å². The summed E-state index contributed by atoms with van der Waals surface area (Å²) in [6.45, 7) is 0.321. The maximum absolute atomic E-state index is 13.3. The van der Waals surface area contributed by atoms with Crippen LogP contribution in [0.4, 0.5) is 22.0 Å². The summed E-state index contributed by atoms with van der Waals surface area (Å²) in [6.07, 6.45) is 0. The second kappa shape index (κ2) is 4.81. The van der Waals surface area contributed by atoms with E-state index in [4.69, 9.17) is 5.11 Å². The molecule has 100 valence electrons. The van der Waals surface area contributed by atoms with Gasteiger partial charge in [-0.05, 0) is 0 Å². The number of likely N-dealkylation sites (tertiary alicyclic amines) is 1. The van der Waals surface area contributed by atoms with E-state index in [1.54, 1.807) is 0 Å². The summed E-state index contributed by atoms with van der Waals surface area (Å²) in [5, 5.41) is 8.76. The maximum Gasteiger partial charge on any atom is 0.200 e. The van der Waals surface area contributed by atoms with E-state index >= 15 is 0 Å². The Morgan fingerprint density at radius 3 is 1.78 bits per heavy atom. The first-order valence-electron chi connectivity index (χ1n) is 5.29. The van der Waals surface area contributed by atoms with E-state index in [0.29, 0.717) is 13.1 Å². The Morgan fingerprint density at radius 1 is 0.889 bits per heavy atom. The average molecular weight is 267 g/mol. The van der Waals surface area contributed by atoms with E-state index in [1.165, 1.54) is 4.90 Å². The molecular weight excluding hydrogens is 257 g/mol. The molecular formula is C11H10F5NO. The monoisotopic (exact) mass is 267 g/mol. The molecule has 1 heterocycles. The van der Waals surface area contributed by atoms with Crippen LogP contribution < -0.4 is 0 Å². The SMILES string of the molecule is OCC1CN(Cc2c(F)c(F)c(F)c(F)c2F)C1. The van der Waals surface area contributed by atoms with Crippen LogP contribution in [0.1, 0.15) is 5.56 Å². The molecule has 0 aromatic heterocycles. The van der Waals surface area contributed by atoms with Crippen LogP contribution in [-0.2, 0) is 6.54 Å². The average Bonchev–Trinajstić information content (AvgIpc) is 2.32. The van der Waals surface area contributed by atoms with Crippen LogP contribution in [0.3, 0.4) is 0 Å². The molecule has 2 nitrogen and oxygen atoms in total. The van der Waals surface area contributed by atoms with E-state index in [-0.39, 0.29) is 19.1 Å². The lowest BCUT2D eigenvalue weighted by Crippen LogP contribution is -2.47. The second-order valence-corrected chi connectivity index (χ2v) is 4.29. The number of halogens is 5. The topological polar surface area (TPSA) is 23.5 Å². The molecule has 1 aromatic rings. The number of nitrogens with zero attached hydrogens (tertiary/aromatic N) is 1. The molecule has 0 spiro atoms. The van der Waals surface area contributed by atoms with E-state index in [2.05, 4.69) is 0 Å². The summed E-state index contributed by atoms with van der Waals surface area (Å²) in [7, 11) is 0. The highest BCUT2D eigenvalue weighted by Gasteiger charge is 2.31. The number of hydrogen-bond acceptors (Lipinski definition) is 2. The summed E-state index contributed by atoms with van der Waals surface area (Å²) in [4.78, 5) is 1.50. The Balaban J connectivity index is 2.23. The molecule has 0 aliphatic carbocycles. The van der Waals surface area contributed by atoms with Gasteiger partial charge in [0.25, 0.3) is 0 Å². The van der Waals surface area contributed by atoms with Crippen molar-refractivity contribution in [2.24, 2.45) is 5.92 Å². The highest BCUT2D eigenvalue weighted by Crippen LogP contribution is 2.26. The van der Waals surface area contributed by atoms with Crippen molar-refractivity contribution in [3.05, 3.63) is 34.6 Å². The number of hydrogen-bond donors (Lipinski definition) is 1. The maximum atomic E-state index is 13.3. The summed E-state index contributed by atoms with van der Waals surface area (Å²) in [5.41, 5.74) is -0.831. The first-order valence-corrected chi connectivity index (χ1v) is 5.29. The van der Waals surface area contributed by atoms with Gasteiger partial charge in [-0.2, -0.15) is 0 Å². The van der Waals surface area contributed by atoms with Crippen molar-refractivity contribution in [2.45, 2.75) is 6.54 Å². The highest BCUT2D eigenvalue weighted by molar-refractivity contribution is 5.24. The van der Waals surface area contributed by atoms with Crippen molar-refractivity contribution >= 4 is 0 Å². The van der Waals surface area contributed by atoms with Gasteiger partial charge in [-0.1, -0.05) is 0 Å². The van der Waals surface area contributed by atoms with E-state index in [0.717, 1.165) is 0 Å². The third-order valence-corrected chi connectivity index (χ3v) is 2.97.